The molecule has 1 nitrogen and oxygen atoms in total. The fraction of sp³-hybridized carbons (Fsp3) is 0.368. The van der Waals surface area contributed by atoms with E-state index < -0.39 is 63.4 Å². The molecule has 0 heterocycles. The molecule has 0 aliphatic heterocycles. The summed E-state index contributed by atoms with van der Waals surface area (Å²) in [6.07, 6.45) is 3.70. The summed E-state index contributed by atoms with van der Waals surface area (Å²) in [4.78, 5) is 0. The topological polar surface area (TPSA) is 9.23 Å². The second-order valence-electron chi connectivity index (χ2n) is 5.98. The van der Waals surface area contributed by atoms with Gasteiger partial charge in [-0.05, 0) is 6.42 Å². The zero-order valence-electron chi connectivity index (χ0n) is 14.7. The van der Waals surface area contributed by atoms with E-state index in [4.69, 9.17) is 4.74 Å². The van der Waals surface area contributed by atoms with Crippen molar-refractivity contribution in [2.45, 2.75) is 39.0 Å². The van der Waals surface area contributed by atoms with Crippen LogP contribution in [0.2, 0.25) is 0 Å². The number of hydrogen-bond acceptors (Lipinski definition) is 1. The summed E-state index contributed by atoms with van der Waals surface area (Å²) < 4.78 is 116. The van der Waals surface area contributed by atoms with E-state index in [-0.39, 0.29) is 6.61 Å². The minimum Gasteiger partial charge on any atom is -0.487 e. The lowest BCUT2D eigenvalue weighted by atomic mass is 10.0. The van der Waals surface area contributed by atoms with Crippen molar-refractivity contribution in [1.82, 2.24) is 0 Å². The third kappa shape index (κ3) is 4.23. The lowest BCUT2D eigenvalue weighted by Crippen LogP contribution is -2.10. The van der Waals surface area contributed by atoms with Gasteiger partial charge in [-0.1, -0.05) is 32.6 Å². The van der Waals surface area contributed by atoms with Gasteiger partial charge >= 0.3 is 0 Å². The fourth-order valence-electron chi connectivity index (χ4n) is 2.58. The predicted molar refractivity (Wildman–Crippen MR) is 84.6 cm³/mol. The molecule has 0 saturated carbocycles. The fourth-order valence-corrected chi connectivity index (χ4v) is 2.58. The monoisotopic (exact) mass is 411 g/mol. The number of benzene rings is 2. The molecule has 0 aromatic heterocycles. The summed E-state index contributed by atoms with van der Waals surface area (Å²) in [6, 6.07) is 1.00. The molecule has 9 heteroatoms. The van der Waals surface area contributed by atoms with Gasteiger partial charge in [-0.3, -0.25) is 0 Å². The van der Waals surface area contributed by atoms with Crippen molar-refractivity contribution in [3.05, 3.63) is 52.6 Å². The Balaban J connectivity index is 2.44. The van der Waals surface area contributed by atoms with E-state index in [2.05, 4.69) is 0 Å². The van der Waals surface area contributed by atoms with Crippen LogP contribution in [-0.4, -0.2) is 6.61 Å². The molecular weight excluding hydrogens is 396 g/mol. The second-order valence-corrected chi connectivity index (χ2v) is 5.98. The highest BCUT2D eigenvalue weighted by molar-refractivity contribution is 5.68. The first-order valence-corrected chi connectivity index (χ1v) is 8.46. The molecule has 2 aromatic carbocycles. The largest absolute Gasteiger partial charge is 0.487 e. The van der Waals surface area contributed by atoms with Gasteiger partial charge in [0, 0.05) is 0 Å². The third-order valence-electron chi connectivity index (χ3n) is 4.01. The highest BCUT2D eigenvalue weighted by Crippen LogP contribution is 2.39. The minimum atomic E-state index is -2.25. The van der Waals surface area contributed by atoms with Crippen LogP contribution in [0.1, 0.15) is 39.0 Å². The van der Waals surface area contributed by atoms with Crippen molar-refractivity contribution >= 4 is 0 Å². The van der Waals surface area contributed by atoms with E-state index in [0.29, 0.717) is 12.8 Å². The zero-order valence-corrected chi connectivity index (χ0v) is 14.7. The Bertz CT molecular complexity index is 811. The third-order valence-corrected chi connectivity index (χ3v) is 4.01. The van der Waals surface area contributed by atoms with Gasteiger partial charge in [0.2, 0.25) is 11.6 Å². The van der Waals surface area contributed by atoms with Gasteiger partial charge in [0.15, 0.2) is 40.7 Å². The number of halogens is 8. The molecule has 0 N–H and O–H groups in total. The van der Waals surface area contributed by atoms with Crippen molar-refractivity contribution in [3.63, 3.8) is 0 Å². The van der Waals surface area contributed by atoms with Crippen LogP contribution in [0.4, 0.5) is 35.1 Å². The molecule has 0 bridgehead atoms. The Kier molecular flexibility index (Phi) is 7.26. The van der Waals surface area contributed by atoms with Gasteiger partial charge in [-0.25, -0.2) is 26.3 Å². The molecule has 2 aromatic rings. The Morgan fingerprint density at radius 1 is 0.607 bits per heavy atom. The van der Waals surface area contributed by atoms with Crippen LogP contribution in [0.5, 0.6) is 5.75 Å². The van der Waals surface area contributed by atoms with Crippen molar-refractivity contribution < 1.29 is 39.9 Å². The van der Waals surface area contributed by atoms with Gasteiger partial charge in [0.25, 0.3) is 0 Å². The van der Waals surface area contributed by atoms with Gasteiger partial charge in [-0.2, -0.15) is 8.78 Å². The van der Waals surface area contributed by atoms with Crippen LogP contribution in [0, 0.1) is 52.6 Å². The standard InChI is InChI=1S/C19H15F8O/c1-2-3-4-5-6-7-28-19-17(26)15(24)12(16(25)18(19)27)11-13(22)9(20)8-10(21)14(11)23/h2-7H2,1H3. The minimum absolute atomic E-state index is 0.262. The Morgan fingerprint density at radius 3 is 1.57 bits per heavy atom. The quantitative estimate of drug-likeness (QED) is 0.270. The lowest BCUT2D eigenvalue weighted by Gasteiger charge is -2.14. The maximum absolute atomic E-state index is 14.2. The summed E-state index contributed by atoms with van der Waals surface area (Å²) in [5.41, 5.74) is -3.85. The maximum Gasteiger partial charge on any atom is 0.204 e. The molecule has 0 aliphatic carbocycles. The summed E-state index contributed by atoms with van der Waals surface area (Å²) in [7, 11) is 0. The van der Waals surface area contributed by atoms with Crippen LogP contribution in [0.15, 0.2) is 0 Å². The van der Waals surface area contributed by atoms with E-state index in [1.54, 1.807) is 0 Å². The molecule has 0 fully saturated rings. The Morgan fingerprint density at radius 2 is 1.07 bits per heavy atom. The number of unbranched alkanes of at least 4 members (excludes halogenated alkanes) is 4. The molecule has 0 spiro atoms. The maximum atomic E-state index is 14.2. The molecule has 0 unspecified atom stereocenters. The predicted octanol–water partition coefficient (Wildman–Crippen LogP) is 6.62. The zero-order chi connectivity index (χ0) is 21.0. The molecule has 2 rings (SSSR count). The molecule has 0 amide bonds. The number of ether oxygens (including phenoxy) is 1. The highest BCUT2D eigenvalue weighted by Gasteiger charge is 2.32. The SMILES string of the molecule is CCCCCCCOc1c(F)c(F)c(-c2c(F)c(F)[c]c(F)c2F)c(F)c1F. The highest BCUT2D eigenvalue weighted by atomic mass is 19.2. The van der Waals surface area contributed by atoms with Crippen LogP contribution in [-0.2, 0) is 0 Å². The van der Waals surface area contributed by atoms with Crippen molar-refractivity contribution in [2.24, 2.45) is 0 Å². The molecule has 28 heavy (non-hydrogen) atoms. The van der Waals surface area contributed by atoms with Crippen LogP contribution < -0.4 is 4.74 Å². The summed E-state index contributed by atoms with van der Waals surface area (Å²) in [5.74, 6) is -18.8. The Hall–Kier alpha value is -2.32. The van der Waals surface area contributed by atoms with Gasteiger partial charge < -0.3 is 4.74 Å². The van der Waals surface area contributed by atoms with Crippen molar-refractivity contribution in [2.75, 3.05) is 6.61 Å². The first-order valence-electron chi connectivity index (χ1n) is 8.46. The summed E-state index contributed by atoms with van der Waals surface area (Å²) in [5, 5.41) is 0. The van der Waals surface area contributed by atoms with Crippen LogP contribution in [0.3, 0.4) is 0 Å². The lowest BCUT2D eigenvalue weighted by molar-refractivity contribution is 0.264. The van der Waals surface area contributed by atoms with E-state index in [1.165, 1.54) is 0 Å². The molecule has 0 aliphatic rings. The Labute approximate surface area is 155 Å². The number of hydrogen-bond donors (Lipinski definition) is 0. The average molecular weight is 411 g/mol. The first kappa shape index (κ1) is 22.0. The van der Waals surface area contributed by atoms with Gasteiger partial charge in [0.05, 0.1) is 23.8 Å². The summed E-state index contributed by atoms with van der Waals surface area (Å²) >= 11 is 0. The molecule has 0 atom stereocenters. The van der Waals surface area contributed by atoms with Gasteiger partial charge in [-0.15, -0.1) is 0 Å². The van der Waals surface area contributed by atoms with E-state index in [1.807, 2.05) is 6.92 Å². The number of rotatable bonds is 8. The van der Waals surface area contributed by atoms with E-state index in [0.717, 1.165) is 25.3 Å². The first-order chi connectivity index (χ1) is 13.2. The molecule has 1 radical (unpaired) electrons. The smallest absolute Gasteiger partial charge is 0.204 e. The molecule has 0 saturated heterocycles. The van der Waals surface area contributed by atoms with E-state index in [9.17, 15) is 35.1 Å². The van der Waals surface area contributed by atoms with Crippen LogP contribution >= 0.6 is 0 Å². The van der Waals surface area contributed by atoms with Crippen molar-refractivity contribution in [1.29, 1.82) is 0 Å². The second kappa shape index (κ2) is 9.25. The van der Waals surface area contributed by atoms with Gasteiger partial charge in [0.1, 0.15) is 0 Å². The molecular formula is C19H15F8O. The normalized spacial score (nSPS) is 11.2. The van der Waals surface area contributed by atoms with E-state index >= 15 is 0 Å². The average Bonchev–Trinajstić information content (AvgIpc) is 2.66. The molecule has 153 valence electrons. The van der Waals surface area contributed by atoms with Crippen LogP contribution in [0.25, 0.3) is 11.1 Å². The van der Waals surface area contributed by atoms with Crippen molar-refractivity contribution in [3.8, 4) is 16.9 Å². The summed E-state index contributed by atoms with van der Waals surface area (Å²) in [6.45, 7) is 1.71.